The van der Waals surface area contributed by atoms with Gasteiger partial charge in [0.25, 0.3) is 0 Å². The Morgan fingerprint density at radius 1 is 1.39 bits per heavy atom. The molecule has 3 unspecified atom stereocenters. The zero-order valence-corrected chi connectivity index (χ0v) is 21.5. The summed E-state index contributed by atoms with van der Waals surface area (Å²) in [5.41, 5.74) is 7.68. The maximum absolute atomic E-state index is 13.4. The van der Waals surface area contributed by atoms with Gasteiger partial charge in [-0.15, -0.1) is 0 Å². The van der Waals surface area contributed by atoms with Gasteiger partial charge in [-0.1, -0.05) is 5.57 Å². The van der Waals surface area contributed by atoms with Crippen molar-refractivity contribution in [2.75, 3.05) is 13.6 Å². The SMILES string of the molecule is CN(N)/C=C(\N)S(=O)N(CC(C)(C)O)C1CCC2=Cc3c(cnn3-c3ccc(F)cc3)CC2(C=O)C1. The van der Waals surface area contributed by atoms with Gasteiger partial charge in [-0.3, -0.25) is 0 Å². The Morgan fingerprint density at radius 2 is 2.08 bits per heavy atom. The van der Waals surface area contributed by atoms with Gasteiger partial charge >= 0.3 is 0 Å². The van der Waals surface area contributed by atoms with Crippen molar-refractivity contribution in [2.45, 2.75) is 51.2 Å². The minimum atomic E-state index is -1.76. The van der Waals surface area contributed by atoms with Gasteiger partial charge in [0.2, 0.25) is 0 Å². The number of hydrazine groups is 1. The molecule has 3 atom stereocenters. The molecule has 1 fully saturated rings. The van der Waals surface area contributed by atoms with Crippen molar-refractivity contribution < 1.29 is 18.5 Å². The molecule has 9 nitrogen and oxygen atoms in total. The maximum Gasteiger partial charge on any atom is 0.145 e. The predicted octanol–water partition coefficient (Wildman–Crippen LogP) is 1.99. The van der Waals surface area contributed by atoms with E-state index >= 15 is 0 Å². The Balaban J connectivity index is 1.66. The number of carbonyl (C=O) groups is 1. The second-order valence-electron chi connectivity index (χ2n) is 10.3. The molecular formula is C25H33FN6O3S. The summed E-state index contributed by atoms with van der Waals surface area (Å²) in [6, 6.07) is 5.85. The van der Waals surface area contributed by atoms with Crippen LogP contribution in [0.1, 0.15) is 44.4 Å². The van der Waals surface area contributed by atoms with Crippen LogP contribution < -0.4 is 11.6 Å². The Bertz CT molecular complexity index is 1220. The molecule has 5 N–H and O–H groups in total. The molecule has 36 heavy (non-hydrogen) atoms. The van der Waals surface area contributed by atoms with E-state index in [4.69, 9.17) is 11.6 Å². The van der Waals surface area contributed by atoms with Crippen LogP contribution in [0.2, 0.25) is 0 Å². The molecule has 4 rings (SSSR count). The van der Waals surface area contributed by atoms with E-state index in [1.807, 2.05) is 6.08 Å². The smallest absolute Gasteiger partial charge is 0.145 e. The lowest BCUT2D eigenvalue weighted by Gasteiger charge is -2.45. The van der Waals surface area contributed by atoms with Gasteiger partial charge in [-0.25, -0.2) is 23.4 Å². The first-order valence-electron chi connectivity index (χ1n) is 11.8. The highest BCUT2D eigenvalue weighted by atomic mass is 32.2. The average molecular weight is 517 g/mol. The van der Waals surface area contributed by atoms with E-state index in [0.29, 0.717) is 25.7 Å². The van der Waals surface area contributed by atoms with Crippen molar-refractivity contribution in [1.29, 1.82) is 0 Å². The Kier molecular flexibility index (Phi) is 7.20. The molecule has 11 heteroatoms. The molecule has 0 radical (unpaired) electrons. The van der Waals surface area contributed by atoms with Crippen LogP contribution >= 0.6 is 0 Å². The number of allylic oxidation sites excluding steroid dienone is 1. The summed E-state index contributed by atoms with van der Waals surface area (Å²) in [6.07, 6.45) is 8.24. The highest BCUT2D eigenvalue weighted by Gasteiger charge is 2.46. The third-order valence-electron chi connectivity index (χ3n) is 6.68. The number of halogens is 1. The number of hydrogen-bond acceptors (Lipinski definition) is 7. The van der Waals surface area contributed by atoms with E-state index < -0.39 is 22.0 Å². The van der Waals surface area contributed by atoms with Crippen molar-refractivity contribution in [3.8, 4) is 5.69 Å². The fourth-order valence-electron chi connectivity index (χ4n) is 5.10. The quantitative estimate of drug-likeness (QED) is 0.278. The zero-order chi connectivity index (χ0) is 26.3. The number of nitrogens with two attached hydrogens (primary N) is 2. The highest BCUT2D eigenvalue weighted by Crippen LogP contribution is 2.48. The van der Waals surface area contributed by atoms with Gasteiger partial charge in [0, 0.05) is 25.8 Å². The van der Waals surface area contributed by atoms with Crippen LogP contribution in [0.4, 0.5) is 4.39 Å². The van der Waals surface area contributed by atoms with E-state index in [1.165, 1.54) is 23.3 Å². The molecule has 194 valence electrons. The number of benzene rings is 1. The molecule has 0 saturated heterocycles. The summed E-state index contributed by atoms with van der Waals surface area (Å²) in [5.74, 6) is 5.34. The van der Waals surface area contributed by atoms with Crippen molar-refractivity contribution in [3.05, 3.63) is 64.3 Å². The van der Waals surface area contributed by atoms with Crippen LogP contribution in [0.3, 0.4) is 0 Å². The molecule has 1 saturated carbocycles. The van der Waals surface area contributed by atoms with Crippen LogP contribution in [0.15, 0.2) is 47.3 Å². The molecule has 1 aromatic heterocycles. The van der Waals surface area contributed by atoms with E-state index in [2.05, 4.69) is 5.10 Å². The Morgan fingerprint density at radius 3 is 2.69 bits per heavy atom. The van der Waals surface area contributed by atoms with Gasteiger partial charge in [-0.05, 0) is 75.4 Å². The predicted molar refractivity (Wildman–Crippen MR) is 137 cm³/mol. The lowest BCUT2D eigenvalue weighted by Crippen LogP contribution is -2.51. The minimum Gasteiger partial charge on any atom is -0.389 e. The van der Waals surface area contributed by atoms with Crippen LogP contribution in [-0.2, 0) is 22.2 Å². The third kappa shape index (κ3) is 5.29. The number of aldehydes is 1. The minimum absolute atomic E-state index is 0.0669. The summed E-state index contributed by atoms with van der Waals surface area (Å²) in [5, 5.41) is 16.4. The summed E-state index contributed by atoms with van der Waals surface area (Å²) in [7, 11) is -0.181. The van der Waals surface area contributed by atoms with Gasteiger partial charge in [0.05, 0.1) is 28.6 Å². The van der Waals surface area contributed by atoms with Crippen LogP contribution in [0.25, 0.3) is 11.8 Å². The van der Waals surface area contributed by atoms with Crippen LogP contribution in [-0.4, -0.2) is 59.9 Å². The van der Waals surface area contributed by atoms with Crippen LogP contribution in [0, 0.1) is 11.2 Å². The van der Waals surface area contributed by atoms with Crippen LogP contribution in [0.5, 0.6) is 0 Å². The number of nitrogens with zero attached hydrogens (tertiary/aromatic N) is 4. The number of aromatic nitrogens is 2. The maximum atomic E-state index is 13.4. The summed E-state index contributed by atoms with van der Waals surface area (Å²) in [6.45, 7) is 3.40. The monoisotopic (exact) mass is 516 g/mol. The van der Waals surface area contributed by atoms with Crippen molar-refractivity contribution >= 4 is 23.3 Å². The first-order valence-corrected chi connectivity index (χ1v) is 12.9. The molecule has 1 aromatic carbocycles. The molecule has 2 aromatic rings. The van der Waals surface area contributed by atoms with Crippen molar-refractivity contribution in [1.82, 2.24) is 19.1 Å². The zero-order valence-electron chi connectivity index (χ0n) is 20.7. The molecule has 0 bridgehead atoms. The fourth-order valence-corrected chi connectivity index (χ4v) is 6.51. The van der Waals surface area contributed by atoms with Gasteiger partial charge in [0.1, 0.15) is 28.1 Å². The number of aliphatic hydroxyl groups is 1. The third-order valence-corrected chi connectivity index (χ3v) is 8.04. The number of rotatable bonds is 8. The number of fused-ring (bicyclic) bond motifs is 2. The standard InChI is InChI=1S/C25H33FN6O3S/c1-24(2,34)15-31(36(35)23(27)14-30(3)28)21-7-4-18-10-22-17(11-25(18,12-21)16-33)13-29-32(22)20-8-5-19(26)6-9-20/h5-6,8-10,13-14,16,21,34H,4,7,11-12,15,27-28H2,1-3H3/b23-14+. The van der Waals surface area contributed by atoms with Gasteiger partial charge in [-0.2, -0.15) is 5.10 Å². The van der Waals surface area contributed by atoms with Gasteiger partial charge in [0.15, 0.2) is 0 Å². The van der Waals surface area contributed by atoms with Gasteiger partial charge < -0.3 is 20.6 Å². The van der Waals surface area contributed by atoms with E-state index in [9.17, 15) is 18.5 Å². The molecule has 2 aliphatic carbocycles. The normalized spacial score (nSPS) is 23.0. The van der Waals surface area contributed by atoms with E-state index in [1.54, 1.807) is 48.2 Å². The summed E-state index contributed by atoms with van der Waals surface area (Å²) >= 11 is 0. The number of carbonyl (C=O) groups excluding carboxylic acids is 1. The lowest BCUT2D eigenvalue weighted by atomic mass is 9.64. The Labute approximate surface area is 212 Å². The summed E-state index contributed by atoms with van der Waals surface area (Å²) < 4.78 is 30.2. The topological polar surface area (TPSA) is 131 Å². The lowest BCUT2D eigenvalue weighted by molar-refractivity contribution is -0.116. The first-order chi connectivity index (χ1) is 16.9. The highest BCUT2D eigenvalue weighted by molar-refractivity contribution is 7.86. The second-order valence-corrected chi connectivity index (χ2v) is 11.7. The van der Waals surface area contributed by atoms with Crippen molar-refractivity contribution in [2.24, 2.45) is 17.0 Å². The molecule has 2 aliphatic rings. The average Bonchev–Trinajstić information content (AvgIpc) is 3.22. The second kappa shape index (κ2) is 9.89. The van der Waals surface area contributed by atoms with Crippen molar-refractivity contribution in [3.63, 3.8) is 0 Å². The first kappa shape index (κ1) is 26.2. The van der Waals surface area contributed by atoms with E-state index in [-0.39, 0.29) is 23.4 Å². The molecule has 0 aliphatic heterocycles. The number of hydrogen-bond donors (Lipinski definition) is 3. The molecule has 0 amide bonds. The van der Waals surface area contributed by atoms with E-state index in [0.717, 1.165) is 28.8 Å². The molecule has 0 spiro atoms. The molecular weight excluding hydrogens is 483 g/mol. The summed E-state index contributed by atoms with van der Waals surface area (Å²) in [4.78, 5) is 12.6. The fraction of sp³-hybridized carbons (Fsp3) is 0.440. The largest absolute Gasteiger partial charge is 0.389 e. The Hall–Kier alpha value is -2.86. The molecule has 1 heterocycles.